The Balaban J connectivity index is 1.38. The van der Waals surface area contributed by atoms with Gasteiger partial charge in [-0.05, 0) is 41.8 Å². The highest BCUT2D eigenvalue weighted by Gasteiger charge is 2.49. The third kappa shape index (κ3) is 3.43. The minimum atomic E-state index is -0.964. The molecule has 2 fully saturated rings. The first-order chi connectivity index (χ1) is 14.6. The molecule has 2 aliphatic rings. The molecule has 2 aromatic carbocycles. The highest BCUT2D eigenvalue weighted by Crippen LogP contribution is 2.46. The van der Waals surface area contributed by atoms with Crippen molar-refractivity contribution in [3.8, 4) is 0 Å². The monoisotopic (exact) mass is 402 g/mol. The maximum absolute atomic E-state index is 13.0. The molecule has 3 aromatic rings. The van der Waals surface area contributed by atoms with Crippen LogP contribution in [0.15, 0.2) is 67.0 Å². The number of hydrogen-bond donors (Lipinski definition) is 1. The van der Waals surface area contributed by atoms with Crippen LogP contribution in [0.25, 0.3) is 10.8 Å². The van der Waals surface area contributed by atoms with Gasteiger partial charge in [0.2, 0.25) is 0 Å². The van der Waals surface area contributed by atoms with E-state index in [0.717, 1.165) is 41.2 Å². The van der Waals surface area contributed by atoms with Gasteiger partial charge in [0.25, 0.3) is 0 Å². The predicted molar refractivity (Wildman–Crippen MR) is 115 cm³/mol. The summed E-state index contributed by atoms with van der Waals surface area (Å²) in [5.41, 5.74) is 0.934. The van der Waals surface area contributed by atoms with Crippen LogP contribution in [-0.4, -0.2) is 33.2 Å². The zero-order valence-corrected chi connectivity index (χ0v) is 16.9. The Kier molecular flexibility index (Phi) is 4.91. The molecule has 0 aliphatic carbocycles. The molecule has 5 heteroatoms. The van der Waals surface area contributed by atoms with E-state index in [1.807, 2.05) is 65.7 Å². The lowest BCUT2D eigenvalue weighted by Crippen LogP contribution is -2.58. The van der Waals surface area contributed by atoms with E-state index < -0.39 is 5.60 Å². The minimum absolute atomic E-state index is 0.0160. The Bertz CT molecular complexity index is 1030. The van der Waals surface area contributed by atoms with E-state index in [1.165, 1.54) is 0 Å². The van der Waals surface area contributed by atoms with Crippen LogP contribution in [0.4, 0.5) is 4.79 Å². The third-order valence-corrected chi connectivity index (χ3v) is 6.61. The number of fused-ring (bicyclic) bond motifs is 3. The lowest BCUT2D eigenvalue weighted by atomic mass is 9.72. The fraction of sp³-hybridized carbons (Fsp3) is 0.360. The van der Waals surface area contributed by atoms with Gasteiger partial charge in [-0.1, -0.05) is 48.5 Å². The van der Waals surface area contributed by atoms with Gasteiger partial charge in [-0.25, -0.2) is 4.79 Å². The van der Waals surface area contributed by atoms with Gasteiger partial charge < -0.3 is 14.7 Å². The summed E-state index contributed by atoms with van der Waals surface area (Å²) in [5, 5.41) is 13.8. The summed E-state index contributed by atoms with van der Waals surface area (Å²) >= 11 is 0. The molecule has 1 amide bonds. The lowest BCUT2D eigenvalue weighted by Gasteiger charge is -2.51. The van der Waals surface area contributed by atoms with Crippen LogP contribution in [0, 0.1) is 0 Å². The molecule has 2 bridgehead atoms. The number of pyridine rings is 1. The van der Waals surface area contributed by atoms with Gasteiger partial charge in [-0.15, -0.1) is 0 Å². The molecule has 2 saturated heterocycles. The summed E-state index contributed by atoms with van der Waals surface area (Å²) in [7, 11) is 0. The van der Waals surface area contributed by atoms with Crippen molar-refractivity contribution in [2.45, 2.75) is 56.4 Å². The number of amides is 1. The van der Waals surface area contributed by atoms with Crippen molar-refractivity contribution in [1.82, 2.24) is 9.88 Å². The standard InChI is InChI=1S/C25H26N2O3/c28-24(30-17-18-6-2-1-3-7-18)27-20-9-5-10-21(27)15-25(29,14-20)23-11-4-8-19-12-13-26-16-22(19)23/h1-4,6-8,11-13,16,20-21,29H,5,9-10,14-15,17H2. The van der Waals surface area contributed by atoms with Gasteiger partial charge >= 0.3 is 6.09 Å². The summed E-state index contributed by atoms with van der Waals surface area (Å²) in [6, 6.07) is 17.7. The van der Waals surface area contributed by atoms with Gasteiger partial charge in [-0.2, -0.15) is 0 Å². The third-order valence-electron chi connectivity index (χ3n) is 6.61. The second-order valence-electron chi connectivity index (χ2n) is 8.53. The first-order valence-corrected chi connectivity index (χ1v) is 10.7. The first kappa shape index (κ1) is 19.1. The summed E-state index contributed by atoms with van der Waals surface area (Å²) in [6.45, 7) is 0.273. The molecule has 2 atom stereocenters. The minimum Gasteiger partial charge on any atom is -0.445 e. The van der Waals surface area contributed by atoms with Crippen LogP contribution in [-0.2, 0) is 16.9 Å². The number of aliphatic hydroxyl groups is 1. The average Bonchev–Trinajstić information content (AvgIpc) is 2.77. The molecule has 5 rings (SSSR count). The van der Waals surface area contributed by atoms with E-state index in [4.69, 9.17) is 4.74 Å². The molecule has 1 aromatic heterocycles. The van der Waals surface area contributed by atoms with E-state index in [9.17, 15) is 9.90 Å². The molecular formula is C25H26N2O3. The predicted octanol–water partition coefficient (Wildman–Crippen LogP) is 4.78. The second kappa shape index (κ2) is 7.73. The van der Waals surface area contributed by atoms with Crippen molar-refractivity contribution in [2.75, 3.05) is 0 Å². The smallest absolute Gasteiger partial charge is 0.410 e. The van der Waals surface area contributed by atoms with E-state index in [2.05, 4.69) is 4.98 Å². The zero-order chi connectivity index (χ0) is 20.6. The molecule has 5 nitrogen and oxygen atoms in total. The average molecular weight is 402 g/mol. The van der Waals surface area contributed by atoms with Gasteiger partial charge in [0.05, 0.1) is 5.60 Å². The van der Waals surface area contributed by atoms with Crippen molar-refractivity contribution in [3.63, 3.8) is 0 Å². The van der Waals surface area contributed by atoms with Gasteiger partial charge in [0.1, 0.15) is 6.61 Å². The zero-order valence-electron chi connectivity index (χ0n) is 16.9. The van der Waals surface area contributed by atoms with Crippen LogP contribution in [0.1, 0.15) is 43.2 Å². The molecule has 0 saturated carbocycles. The van der Waals surface area contributed by atoms with Crippen molar-refractivity contribution in [2.24, 2.45) is 0 Å². The number of benzene rings is 2. The number of nitrogens with zero attached hydrogens (tertiary/aromatic N) is 2. The van der Waals surface area contributed by atoms with Crippen LogP contribution < -0.4 is 0 Å². The molecule has 1 N–H and O–H groups in total. The fourth-order valence-electron chi connectivity index (χ4n) is 5.26. The van der Waals surface area contributed by atoms with Crippen molar-refractivity contribution < 1.29 is 14.6 Å². The Morgan fingerprint density at radius 1 is 1.07 bits per heavy atom. The first-order valence-electron chi connectivity index (χ1n) is 10.7. The molecule has 3 heterocycles. The van der Waals surface area contributed by atoms with E-state index in [0.29, 0.717) is 12.8 Å². The van der Waals surface area contributed by atoms with E-state index >= 15 is 0 Å². The molecule has 2 unspecified atom stereocenters. The molecule has 0 spiro atoms. The van der Waals surface area contributed by atoms with E-state index in [-0.39, 0.29) is 24.8 Å². The number of ether oxygens (including phenoxy) is 1. The Morgan fingerprint density at radius 3 is 2.60 bits per heavy atom. The summed E-state index contributed by atoms with van der Waals surface area (Å²) in [4.78, 5) is 19.1. The summed E-state index contributed by atoms with van der Waals surface area (Å²) in [5.74, 6) is 0. The maximum atomic E-state index is 13.0. The molecule has 2 aliphatic heterocycles. The topological polar surface area (TPSA) is 62.7 Å². The SMILES string of the molecule is O=C(OCc1ccccc1)N1C2CCCC1CC(O)(c1cccc3ccncc13)C2. The van der Waals surface area contributed by atoms with Crippen LogP contribution in [0.3, 0.4) is 0 Å². The van der Waals surface area contributed by atoms with Crippen LogP contribution in [0.5, 0.6) is 0 Å². The molecular weight excluding hydrogens is 376 g/mol. The molecule has 0 radical (unpaired) electrons. The Labute approximate surface area is 176 Å². The van der Waals surface area contributed by atoms with Crippen molar-refractivity contribution >= 4 is 16.9 Å². The fourth-order valence-corrected chi connectivity index (χ4v) is 5.26. The van der Waals surface area contributed by atoms with Crippen molar-refractivity contribution in [3.05, 3.63) is 78.1 Å². The quantitative estimate of drug-likeness (QED) is 0.685. The number of carbonyl (C=O) groups is 1. The Hall–Kier alpha value is -2.92. The highest BCUT2D eigenvalue weighted by molar-refractivity contribution is 5.85. The van der Waals surface area contributed by atoms with Gasteiger partial charge in [-0.3, -0.25) is 4.98 Å². The largest absolute Gasteiger partial charge is 0.445 e. The second-order valence-corrected chi connectivity index (χ2v) is 8.53. The summed E-state index contributed by atoms with van der Waals surface area (Å²) < 4.78 is 5.64. The number of rotatable bonds is 3. The van der Waals surface area contributed by atoms with Gasteiger partial charge in [0, 0.05) is 42.7 Å². The normalized spacial score (nSPS) is 25.8. The molecule has 30 heavy (non-hydrogen) atoms. The number of hydrogen-bond acceptors (Lipinski definition) is 4. The summed E-state index contributed by atoms with van der Waals surface area (Å²) in [6.07, 6.45) is 7.25. The van der Waals surface area contributed by atoms with Crippen LogP contribution in [0.2, 0.25) is 0 Å². The Morgan fingerprint density at radius 2 is 1.83 bits per heavy atom. The maximum Gasteiger partial charge on any atom is 0.410 e. The lowest BCUT2D eigenvalue weighted by molar-refractivity contribution is -0.0888. The number of aromatic nitrogens is 1. The molecule has 154 valence electrons. The number of piperidine rings is 2. The highest BCUT2D eigenvalue weighted by atomic mass is 16.6. The van der Waals surface area contributed by atoms with Crippen LogP contribution >= 0.6 is 0 Å². The van der Waals surface area contributed by atoms with E-state index in [1.54, 1.807) is 6.20 Å². The van der Waals surface area contributed by atoms with Crippen molar-refractivity contribution in [1.29, 1.82) is 0 Å². The van der Waals surface area contributed by atoms with Gasteiger partial charge in [0.15, 0.2) is 0 Å². The number of carbonyl (C=O) groups excluding carboxylic acids is 1.